The Kier molecular flexibility index (Phi) is 31.0. The van der Waals surface area contributed by atoms with E-state index in [4.69, 9.17) is 56.8 Å². The number of halogens is 4. The van der Waals surface area contributed by atoms with Crippen LogP contribution in [0.25, 0.3) is 0 Å². The van der Waals surface area contributed by atoms with Crippen LogP contribution in [0.2, 0.25) is 0 Å². The lowest BCUT2D eigenvalue weighted by atomic mass is 9.63. The zero-order valence-corrected chi connectivity index (χ0v) is 75.8. The second-order valence-corrected chi connectivity index (χ2v) is 31.7. The van der Waals surface area contributed by atoms with Crippen LogP contribution >= 0.6 is 63.7 Å². The molecule has 4 aliphatic carbocycles. The Morgan fingerprint density at radius 1 is 0.317 bits per heavy atom. The maximum atomic E-state index is 13.6. The SMILES string of the molecule is CCOC(=O)/C=C(/OCC)[C@@H]1CC(OC)=CC(=O)[C@]12C(=O)N(C)c1ccc(Br)cc12.CCOC(=O)/C=C(/OCC)[C@@H]1CC(OC)=CC(=O)[C@]12C(=O)N(C)c1ccc(Br)cc12.CCOC(=O)/C=C(/OCC)[C@H]1CC(OC)=CC(=O)[C@@]12C(=O)N(C)c1ccc(Br)cc12.CCOC(=O)/C=C(/OCC)[C@H]1CC(OC)=CC(=O)[C@@]12C(=O)N(C)c1ccc(Br)cc12. The molecule has 4 aliphatic heterocycles. The molecule has 32 heteroatoms. The number of nitrogens with zero attached hydrogens (tertiary/aromatic N) is 4. The molecule has 120 heavy (non-hydrogen) atoms. The van der Waals surface area contributed by atoms with Crippen molar-refractivity contribution in [2.75, 3.05) is 129 Å². The summed E-state index contributed by atoms with van der Waals surface area (Å²) in [5.41, 5.74) is -1.36. The lowest BCUT2D eigenvalue weighted by Gasteiger charge is -2.38. The molecule has 0 saturated carbocycles. The van der Waals surface area contributed by atoms with Gasteiger partial charge in [0, 0.05) is 165 Å². The van der Waals surface area contributed by atoms with Crippen LogP contribution in [0.5, 0.6) is 0 Å². The molecule has 640 valence electrons. The molecular weight excluding hydrogens is 1820 g/mol. The molecule has 0 bridgehead atoms. The fourth-order valence-electron chi connectivity index (χ4n) is 16.8. The Morgan fingerprint density at radius 3 is 0.650 bits per heavy atom. The summed E-state index contributed by atoms with van der Waals surface area (Å²) in [5.74, 6) is -5.94. The number of carbonyl (C=O) groups is 12. The molecule has 4 spiro atoms. The molecule has 28 nitrogen and oxygen atoms in total. The summed E-state index contributed by atoms with van der Waals surface area (Å²) in [6.07, 6.45) is 11.3. The topological polar surface area (TPSA) is 329 Å². The summed E-state index contributed by atoms with van der Waals surface area (Å²) in [5, 5.41) is 0. The van der Waals surface area contributed by atoms with Crippen LogP contribution in [-0.2, 0) is 136 Å². The highest BCUT2D eigenvalue weighted by Crippen LogP contribution is 2.59. The van der Waals surface area contributed by atoms with Crippen molar-refractivity contribution in [1.29, 1.82) is 0 Å². The van der Waals surface area contributed by atoms with Crippen molar-refractivity contribution in [3.05, 3.63) is 208 Å². The molecule has 0 aromatic heterocycles. The molecular formula is C88H96Br4N4O24. The van der Waals surface area contributed by atoms with Crippen LogP contribution in [0, 0.1) is 23.7 Å². The number of hydrogen-bond acceptors (Lipinski definition) is 24. The van der Waals surface area contributed by atoms with E-state index in [9.17, 15) is 57.5 Å². The van der Waals surface area contributed by atoms with Crippen molar-refractivity contribution >= 4 is 157 Å². The van der Waals surface area contributed by atoms with E-state index in [0.29, 0.717) is 68.0 Å². The van der Waals surface area contributed by atoms with E-state index in [1.807, 2.05) is 24.3 Å². The van der Waals surface area contributed by atoms with E-state index in [-0.39, 0.29) is 125 Å². The largest absolute Gasteiger partial charge is 0.501 e. The van der Waals surface area contributed by atoms with E-state index in [1.54, 1.807) is 132 Å². The van der Waals surface area contributed by atoms with Gasteiger partial charge in [0.05, 0.1) is 129 Å². The standard InChI is InChI=1S/4C22H24BrNO6/c4*1-5-29-18(12-20(26)30-6-2)16-10-14(28-4)11-19(25)22(16)15-9-13(23)7-8-17(15)24(3)21(22)27/h4*7-9,11-12,16H,5-6,10H2,1-4H3/b4*18-12+/t4*16-,22+/m1100/s1. The lowest BCUT2D eigenvalue weighted by Crippen LogP contribution is -2.53. The number of amides is 4. The van der Waals surface area contributed by atoms with Crippen molar-refractivity contribution < 1.29 is 114 Å². The summed E-state index contributed by atoms with van der Waals surface area (Å²) in [6, 6.07) is 21.6. The van der Waals surface area contributed by atoms with Crippen LogP contribution < -0.4 is 19.6 Å². The first-order valence-electron chi connectivity index (χ1n) is 38.8. The number of benzene rings is 4. The van der Waals surface area contributed by atoms with Crippen LogP contribution in [0.4, 0.5) is 22.7 Å². The third kappa shape index (κ3) is 17.3. The smallest absolute Gasteiger partial charge is 0.334 e. The third-order valence-electron chi connectivity index (χ3n) is 21.8. The summed E-state index contributed by atoms with van der Waals surface area (Å²) >= 11 is 13.8. The molecule has 4 heterocycles. The van der Waals surface area contributed by atoms with Gasteiger partial charge in [0.1, 0.15) is 44.7 Å². The second-order valence-electron chi connectivity index (χ2n) is 28.0. The first-order chi connectivity index (χ1) is 57.2. The van der Waals surface area contributed by atoms with Crippen molar-refractivity contribution in [2.24, 2.45) is 23.7 Å². The normalized spacial score (nSPS) is 23.4. The van der Waals surface area contributed by atoms with Crippen LogP contribution in [-0.4, -0.2) is 180 Å². The molecule has 0 fully saturated rings. The van der Waals surface area contributed by atoms with E-state index in [0.717, 1.165) is 17.9 Å². The van der Waals surface area contributed by atoms with E-state index in [1.165, 1.54) is 96.6 Å². The fraction of sp³-hybridized carbons (Fsp3) is 0.409. The van der Waals surface area contributed by atoms with Gasteiger partial charge < -0.3 is 76.4 Å². The predicted molar refractivity (Wildman–Crippen MR) is 455 cm³/mol. The van der Waals surface area contributed by atoms with Gasteiger partial charge in [0.15, 0.2) is 23.1 Å². The molecule has 4 amide bonds. The summed E-state index contributed by atoms with van der Waals surface area (Å²) in [7, 11) is 12.4. The van der Waals surface area contributed by atoms with Gasteiger partial charge in [-0.05, 0) is 128 Å². The third-order valence-corrected chi connectivity index (χ3v) is 23.8. The minimum absolute atomic E-state index is 0.199. The molecule has 0 unspecified atom stereocenters. The van der Waals surface area contributed by atoms with E-state index < -0.39 is 92.3 Å². The number of carbonyl (C=O) groups excluding carboxylic acids is 12. The van der Waals surface area contributed by atoms with E-state index in [2.05, 4.69) is 63.7 Å². The van der Waals surface area contributed by atoms with Crippen molar-refractivity contribution in [3.8, 4) is 0 Å². The number of likely N-dealkylation sites (N-methyl/N-ethyl adjacent to an activating group) is 4. The van der Waals surface area contributed by atoms with Gasteiger partial charge in [-0.25, -0.2) is 19.2 Å². The number of ketones is 4. The van der Waals surface area contributed by atoms with Gasteiger partial charge in [-0.1, -0.05) is 63.7 Å². The van der Waals surface area contributed by atoms with Crippen LogP contribution in [0.15, 0.2) is 185 Å². The monoisotopic (exact) mass is 1910 g/mol. The number of esters is 4. The number of anilines is 4. The Morgan fingerprint density at radius 2 is 0.492 bits per heavy atom. The van der Waals surface area contributed by atoms with Crippen molar-refractivity contribution in [2.45, 2.75) is 103 Å². The minimum Gasteiger partial charge on any atom is -0.501 e. The minimum atomic E-state index is -1.55. The highest BCUT2D eigenvalue weighted by atomic mass is 79.9. The zero-order valence-electron chi connectivity index (χ0n) is 69.4. The van der Waals surface area contributed by atoms with Gasteiger partial charge in [-0.15, -0.1) is 0 Å². The number of allylic oxidation sites excluding steroid dienone is 12. The number of fused-ring (bicyclic) bond motifs is 8. The number of methoxy groups -OCH3 is 4. The van der Waals surface area contributed by atoms with Crippen molar-refractivity contribution in [3.63, 3.8) is 0 Å². The average molecular weight is 1910 g/mol. The fourth-order valence-corrected chi connectivity index (χ4v) is 18.2. The summed E-state index contributed by atoms with van der Waals surface area (Å²) in [4.78, 5) is 163. The molecule has 12 rings (SSSR count). The van der Waals surface area contributed by atoms with E-state index >= 15 is 0 Å². The predicted octanol–water partition coefficient (Wildman–Crippen LogP) is 13.1. The number of ether oxygens (including phenoxy) is 12. The highest BCUT2D eigenvalue weighted by Gasteiger charge is 2.67. The zero-order chi connectivity index (χ0) is 88.2. The molecule has 8 atom stereocenters. The summed E-state index contributed by atoms with van der Waals surface area (Å²) < 4.78 is 67.8. The van der Waals surface area contributed by atoms with Crippen LogP contribution in [0.1, 0.15) is 103 Å². The lowest BCUT2D eigenvalue weighted by molar-refractivity contribution is -0.139. The Hall–Kier alpha value is -10.4. The molecule has 4 aromatic rings. The molecule has 4 aromatic carbocycles. The quantitative estimate of drug-likeness (QED) is 0.0207. The Balaban J connectivity index is 0.000000182. The number of rotatable bonds is 24. The first-order valence-corrected chi connectivity index (χ1v) is 41.9. The highest BCUT2D eigenvalue weighted by molar-refractivity contribution is 9.11. The van der Waals surface area contributed by atoms with Gasteiger partial charge in [0.2, 0.25) is 23.6 Å². The second kappa shape index (κ2) is 39.8. The molecule has 0 radical (unpaired) electrons. The molecule has 0 N–H and O–H groups in total. The van der Waals surface area contributed by atoms with Crippen molar-refractivity contribution in [1.82, 2.24) is 0 Å². The number of hydrogen-bond donors (Lipinski definition) is 0. The molecule has 8 aliphatic rings. The maximum absolute atomic E-state index is 13.6. The molecule has 0 saturated heterocycles. The first kappa shape index (κ1) is 93.4. The van der Waals surface area contributed by atoms with Gasteiger partial charge >= 0.3 is 23.9 Å². The van der Waals surface area contributed by atoms with Gasteiger partial charge in [0.25, 0.3) is 0 Å². The summed E-state index contributed by atoms with van der Waals surface area (Å²) in [6.45, 7) is 15.7. The Labute approximate surface area is 729 Å². The van der Waals surface area contributed by atoms with Gasteiger partial charge in [-0.2, -0.15) is 0 Å². The Bertz CT molecular complexity index is 4430. The maximum Gasteiger partial charge on any atom is 0.334 e. The average Bonchev–Trinajstić information content (AvgIpc) is 1.20. The van der Waals surface area contributed by atoms with Crippen LogP contribution in [0.3, 0.4) is 0 Å². The van der Waals surface area contributed by atoms with Gasteiger partial charge in [-0.3, -0.25) is 38.4 Å².